The molecule has 0 saturated carbocycles. The van der Waals surface area contributed by atoms with Gasteiger partial charge in [0.25, 0.3) is 0 Å². The third kappa shape index (κ3) is 5.73. The van der Waals surface area contributed by atoms with Crippen molar-refractivity contribution in [1.29, 1.82) is 0 Å². The fourth-order valence-corrected chi connectivity index (χ4v) is 4.82. The van der Waals surface area contributed by atoms with E-state index in [1.54, 1.807) is 4.31 Å². The van der Waals surface area contributed by atoms with Crippen LogP contribution >= 0.6 is 0 Å². The number of rotatable bonds is 7. The summed E-state index contributed by atoms with van der Waals surface area (Å²) in [6.07, 6.45) is 6.03. The first-order chi connectivity index (χ1) is 13.9. The fourth-order valence-electron chi connectivity index (χ4n) is 3.95. The maximum Gasteiger partial charge on any atom is 0.211 e. The lowest BCUT2D eigenvalue weighted by Crippen LogP contribution is -2.40. The van der Waals surface area contributed by atoms with Crippen molar-refractivity contribution in [2.45, 2.75) is 33.1 Å². The summed E-state index contributed by atoms with van der Waals surface area (Å²) >= 11 is 0. The van der Waals surface area contributed by atoms with Crippen LogP contribution in [0.25, 0.3) is 10.9 Å². The molecule has 0 spiro atoms. The maximum atomic E-state index is 11.6. The summed E-state index contributed by atoms with van der Waals surface area (Å²) in [4.78, 5) is 8.10. The van der Waals surface area contributed by atoms with E-state index in [9.17, 15) is 8.42 Å². The van der Waals surface area contributed by atoms with Crippen LogP contribution in [0.3, 0.4) is 0 Å². The molecule has 2 aromatic rings. The van der Waals surface area contributed by atoms with Crippen LogP contribution in [0.15, 0.2) is 29.4 Å². The Morgan fingerprint density at radius 3 is 2.72 bits per heavy atom. The number of piperidine rings is 1. The van der Waals surface area contributed by atoms with Gasteiger partial charge in [-0.05, 0) is 56.2 Å². The first kappa shape index (κ1) is 21.6. The molecule has 160 valence electrons. The molecule has 1 fully saturated rings. The number of fused-ring (bicyclic) bond motifs is 1. The molecule has 1 saturated heterocycles. The number of aromatic nitrogens is 1. The number of guanidine groups is 1. The van der Waals surface area contributed by atoms with Gasteiger partial charge in [0.2, 0.25) is 10.0 Å². The Labute approximate surface area is 174 Å². The zero-order valence-electron chi connectivity index (χ0n) is 17.7. The van der Waals surface area contributed by atoms with E-state index >= 15 is 0 Å². The number of nitrogens with zero attached hydrogens (tertiary/aromatic N) is 2. The molecule has 8 heteroatoms. The van der Waals surface area contributed by atoms with Crippen LogP contribution in [-0.4, -0.2) is 62.6 Å². The quantitative estimate of drug-likeness (QED) is 0.474. The third-order valence-electron chi connectivity index (χ3n) is 5.58. The van der Waals surface area contributed by atoms with Gasteiger partial charge in [0.05, 0.1) is 6.26 Å². The molecule has 29 heavy (non-hydrogen) atoms. The molecule has 0 unspecified atom stereocenters. The van der Waals surface area contributed by atoms with E-state index in [4.69, 9.17) is 4.99 Å². The lowest BCUT2D eigenvalue weighted by Gasteiger charge is -2.29. The van der Waals surface area contributed by atoms with Gasteiger partial charge in [-0.3, -0.25) is 4.99 Å². The number of hydrogen-bond acceptors (Lipinski definition) is 3. The van der Waals surface area contributed by atoms with Gasteiger partial charge >= 0.3 is 0 Å². The van der Waals surface area contributed by atoms with Crippen molar-refractivity contribution in [2.75, 3.05) is 39.0 Å². The number of sulfonamides is 1. The van der Waals surface area contributed by atoms with Crippen molar-refractivity contribution >= 4 is 26.9 Å². The zero-order valence-corrected chi connectivity index (χ0v) is 18.5. The minimum absolute atomic E-state index is 0.430. The number of aliphatic imine (C=N–C) groups is 1. The Morgan fingerprint density at radius 2 is 2.03 bits per heavy atom. The zero-order chi connectivity index (χ0) is 20.9. The van der Waals surface area contributed by atoms with Crippen LogP contribution in [0.2, 0.25) is 0 Å². The molecule has 0 atom stereocenters. The van der Waals surface area contributed by atoms with Gasteiger partial charge in [-0.15, -0.1) is 0 Å². The summed E-state index contributed by atoms with van der Waals surface area (Å²) < 4.78 is 24.8. The van der Waals surface area contributed by atoms with Gasteiger partial charge in [-0.1, -0.05) is 12.1 Å². The molecule has 0 bridgehead atoms. The average Bonchev–Trinajstić information content (AvgIpc) is 3.10. The highest BCUT2D eigenvalue weighted by Crippen LogP contribution is 2.22. The molecule has 1 aromatic carbocycles. The van der Waals surface area contributed by atoms with Crippen LogP contribution in [0, 0.1) is 12.8 Å². The predicted molar refractivity (Wildman–Crippen MR) is 120 cm³/mol. The highest BCUT2D eigenvalue weighted by Gasteiger charge is 2.24. The molecule has 7 nitrogen and oxygen atoms in total. The summed E-state index contributed by atoms with van der Waals surface area (Å²) in [7, 11) is -3.07. The van der Waals surface area contributed by atoms with Gasteiger partial charge in [0.1, 0.15) is 0 Å². The Hall–Kier alpha value is -2.06. The van der Waals surface area contributed by atoms with E-state index in [-0.39, 0.29) is 0 Å². The Morgan fingerprint density at radius 1 is 1.28 bits per heavy atom. The number of benzene rings is 1. The number of aromatic amines is 1. The maximum absolute atomic E-state index is 11.6. The number of aryl methyl sites for hydroxylation is 1. The summed E-state index contributed by atoms with van der Waals surface area (Å²) in [6.45, 7) is 7.74. The molecular weight excluding hydrogens is 386 g/mol. The molecule has 1 aliphatic rings. The number of nitrogens with one attached hydrogen (secondary N) is 3. The molecular formula is C21H33N5O2S. The predicted octanol–water partition coefficient (Wildman–Crippen LogP) is 2.25. The highest BCUT2D eigenvalue weighted by molar-refractivity contribution is 7.88. The standard InChI is InChI=1S/C21H33N5O2S/c1-4-22-21(25-14-17-9-12-26(13-10-17)29(3,27)28)23-11-8-18-15-24-19-7-5-6-16(2)20(18)19/h5-7,15,17,24H,4,8-14H2,1-3H3,(H2,22,23,25). The molecule has 0 amide bonds. The summed E-state index contributed by atoms with van der Waals surface area (Å²) in [5.74, 6) is 1.26. The highest BCUT2D eigenvalue weighted by atomic mass is 32.2. The lowest BCUT2D eigenvalue weighted by atomic mass is 9.98. The normalized spacial score (nSPS) is 17.0. The van der Waals surface area contributed by atoms with Crippen molar-refractivity contribution in [3.63, 3.8) is 0 Å². The second-order valence-corrected chi connectivity index (χ2v) is 9.80. The van der Waals surface area contributed by atoms with E-state index in [2.05, 4.69) is 53.9 Å². The van der Waals surface area contributed by atoms with Crippen molar-refractivity contribution < 1.29 is 8.42 Å². The molecule has 1 aromatic heterocycles. The van der Waals surface area contributed by atoms with Gasteiger partial charge in [0, 0.05) is 49.8 Å². The van der Waals surface area contributed by atoms with Gasteiger partial charge in [-0.25, -0.2) is 12.7 Å². The second-order valence-electron chi connectivity index (χ2n) is 7.81. The van der Waals surface area contributed by atoms with Gasteiger partial charge < -0.3 is 15.6 Å². The van der Waals surface area contributed by atoms with Crippen molar-refractivity contribution in [3.8, 4) is 0 Å². The molecule has 3 rings (SSSR count). The molecule has 2 heterocycles. The lowest BCUT2D eigenvalue weighted by molar-refractivity contribution is 0.280. The molecule has 1 aliphatic heterocycles. The fraction of sp³-hybridized carbons (Fsp3) is 0.571. The SMILES string of the molecule is CCNC(=NCC1CCN(S(C)(=O)=O)CC1)NCCc1c[nH]c2cccc(C)c12. The molecule has 3 N–H and O–H groups in total. The minimum Gasteiger partial charge on any atom is -0.361 e. The van der Waals surface area contributed by atoms with Gasteiger partial charge in [-0.2, -0.15) is 0 Å². The van der Waals surface area contributed by atoms with Crippen LogP contribution in [0.4, 0.5) is 0 Å². The summed E-state index contributed by atoms with van der Waals surface area (Å²) in [5.41, 5.74) is 3.79. The largest absolute Gasteiger partial charge is 0.361 e. The minimum atomic E-state index is -3.07. The van der Waals surface area contributed by atoms with E-state index < -0.39 is 10.0 Å². The van der Waals surface area contributed by atoms with Crippen LogP contribution in [0.5, 0.6) is 0 Å². The molecule has 0 radical (unpaired) electrons. The van der Waals surface area contributed by atoms with E-state index in [1.807, 2.05) is 0 Å². The van der Waals surface area contributed by atoms with Crippen molar-refractivity contribution in [2.24, 2.45) is 10.9 Å². The topological polar surface area (TPSA) is 89.6 Å². The first-order valence-corrected chi connectivity index (χ1v) is 12.3. The van der Waals surface area contributed by atoms with Crippen molar-refractivity contribution in [3.05, 3.63) is 35.5 Å². The van der Waals surface area contributed by atoms with E-state index in [0.717, 1.165) is 44.9 Å². The monoisotopic (exact) mass is 419 g/mol. The van der Waals surface area contributed by atoms with E-state index in [1.165, 1.54) is 28.3 Å². The van der Waals surface area contributed by atoms with Gasteiger partial charge in [0.15, 0.2) is 5.96 Å². The Balaban J connectivity index is 1.52. The summed E-state index contributed by atoms with van der Waals surface area (Å²) in [6, 6.07) is 6.33. The number of hydrogen-bond donors (Lipinski definition) is 3. The van der Waals surface area contributed by atoms with Crippen molar-refractivity contribution in [1.82, 2.24) is 19.9 Å². The smallest absolute Gasteiger partial charge is 0.211 e. The van der Waals surface area contributed by atoms with Crippen LogP contribution in [-0.2, 0) is 16.4 Å². The molecule has 0 aliphatic carbocycles. The Kier molecular flexibility index (Phi) is 7.18. The van der Waals surface area contributed by atoms with Crippen LogP contribution < -0.4 is 10.6 Å². The third-order valence-corrected chi connectivity index (χ3v) is 6.88. The summed E-state index contributed by atoms with van der Waals surface area (Å²) in [5, 5.41) is 8.06. The first-order valence-electron chi connectivity index (χ1n) is 10.4. The average molecular weight is 420 g/mol. The van der Waals surface area contributed by atoms with Crippen LogP contribution in [0.1, 0.15) is 30.9 Å². The second kappa shape index (κ2) is 9.63. The Bertz CT molecular complexity index is 943. The van der Waals surface area contributed by atoms with E-state index in [0.29, 0.717) is 19.0 Å². The number of H-pyrrole nitrogens is 1.